The van der Waals surface area contributed by atoms with Crippen LogP contribution in [0.15, 0.2) is 84.9 Å². The van der Waals surface area contributed by atoms with Crippen LogP contribution in [0.2, 0.25) is 0 Å². The number of ketones is 1. The van der Waals surface area contributed by atoms with E-state index in [1.54, 1.807) is 6.07 Å². The molecule has 4 aromatic rings. The number of carbonyl (C=O) groups is 2. The maximum atomic E-state index is 12.6. The van der Waals surface area contributed by atoms with Crippen molar-refractivity contribution in [3.05, 3.63) is 102 Å². The Bertz CT molecular complexity index is 1310. The maximum Gasteiger partial charge on any atom is 0.344 e. The third-order valence-corrected chi connectivity index (χ3v) is 5.56. The first kappa shape index (κ1) is 19.1. The summed E-state index contributed by atoms with van der Waals surface area (Å²) in [5, 5.41) is 2.13. The summed E-state index contributed by atoms with van der Waals surface area (Å²) in [5.74, 6) is -0.224. The molecule has 31 heavy (non-hydrogen) atoms. The van der Waals surface area contributed by atoms with Gasteiger partial charge in [0.1, 0.15) is 5.75 Å². The number of hydrogen-bond donors (Lipinski definition) is 0. The van der Waals surface area contributed by atoms with Crippen molar-refractivity contribution < 1.29 is 19.1 Å². The molecule has 0 spiro atoms. The van der Waals surface area contributed by atoms with Crippen LogP contribution in [0, 0.1) is 0 Å². The normalized spacial score (nSPS) is 11.6. The van der Waals surface area contributed by atoms with Crippen molar-refractivity contribution in [3.63, 3.8) is 0 Å². The quantitative estimate of drug-likeness (QED) is 0.286. The van der Waals surface area contributed by atoms with Crippen LogP contribution >= 0.6 is 0 Å². The van der Waals surface area contributed by atoms with Crippen LogP contribution in [-0.4, -0.2) is 25.0 Å². The van der Waals surface area contributed by atoms with Crippen LogP contribution < -0.4 is 4.74 Å². The number of ether oxygens (including phenoxy) is 2. The molecule has 0 saturated carbocycles. The number of esters is 1. The predicted octanol–water partition coefficient (Wildman–Crippen LogP) is 5.22. The average molecular weight is 408 g/mol. The molecule has 0 saturated heterocycles. The van der Waals surface area contributed by atoms with Crippen molar-refractivity contribution in [2.45, 2.75) is 6.42 Å². The minimum atomic E-state index is -0.576. The zero-order valence-electron chi connectivity index (χ0n) is 16.8. The molecule has 0 radical (unpaired) electrons. The van der Waals surface area contributed by atoms with E-state index in [9.17, 15) is 9.59 Å². The lowest BCUT2D eigenvalue weighted by atomic mass is 10.0. The van der Waals surface area contributed by atoms with E-state index < -0.39 is 5.97 Å². The van der Waals surface area contributed by atoms with Crippen molar-refractivity contribution in [1.82, 2.24) is 0 Å². The molecule has 5 rings (SSSR count). The number of hydrogen-bond acceptors (Lipinski definition) is 4. The zero-order chi connectivity index (χ0) is 21.2. The Labute approximate surface area is 180 Å². The van der Waals surface area contributed by atoms with E-state index >= 15 is 0 Å². The lowest BCUT2D eigenvalue weighted by molar-refractivity contribution is -0.144. The van der Waals surface area contributed by atoms with Gasteiger partial charge in [-0.3, -0.25) is 4.79 Å². The monoisotopic (exact) mass is 408 g/mol. The number of carbonyl (C=O) groups excluding carboxylic acids is 2. The van der Waals surface area contributed by atoms with E-state index in [1.807, 2.05) is 66.7 Å². The highest BCUT2D eigenvalue weighted by molar-refractivity contribution is 5.99. The molecule has 0 N–H and O–H groups in total. The van der Waals surface area contributed by atoms with Crippen molar-refractivity contribution in [3.8, 4) is 16.9 Å². The van der Waals surface area contributed by atoms with Gasteiger partial charge in [-0.15, -0.1) is 0 Å². The molecule has 4 nitrogen and oxygen atoms in total. The second kappa shape index (κ2) is 8.07. The summed E-state index contributed by atoms with van der Waals surface area (Å²) in [6.07, 6.45) is 0.876. The van der Waals surface area contributed by atoms with Gasteiger partial charge in [-0.1, -0.05) is 66.7 Å². The summed E-state index contributed by atoms with van der Waals surface area (Å²) in [6, 6.07) is 27.4. The Morgan fingerprint density at radius 1 is 0.710 bits per heavy atom. The Morgan fingerprint density at radius 2 is 1.48 bits per heavy atom. The second-order valence-electron chi connectivity index (χ2n) is 7.59. The number of benzene rings is 4. The molecule has 0 aliphatic heterocycles. The van der Waals surface area contributed by atoms with Crippen LogP contribution in [-0.2, 0) is 16.0 Å². The third kappa shape index (κ3) is 3.92. The molecule has 4 heteroatoms. The van der Waals surface area contributed by atoms with Crippen LogP contribution in [0.25, 0.3) is 21.9 Å². The largest absolute Gasteiger partial charge is 0.482 e. The summed E-state index contributed by atoms with van der Waals surface area (Å²) < 4.78 is 10.7. The fraction of sp³-hybridized carbons (Fsp3) is 0.111. The smallest absolute Gasteiger partial charge is 0.344 e. The number of Topliss-reactive ketones (excluding diaryl/α,β-unsaturated/α-hetero) is 1. The van der Waals surface area contributed by atoms with Crippen LogP contribution in [0.4, 0.5) is 0 Å². The molecule has 0 amide bonds. The van der Waals surface area contributed by atoms with Crippen LogP contribution in [0.5, 0.6) is 5.75 Å². The average Bonchev–Trinajstić information content (AvgIpc) is 3.19. The molecule has 152 valence electrons. The highest BCUT2D eigenvalue weighted by Crippen LogP contribution is 2.36. The molecule has 0 bridgehead atoms. The molecule has 0 atom stereocenters. The molecule has 1 aliphatic carbocycles. The van der Waals surface area contributed by atoms with E-state index in [-0.39, 0.29) is 19.0 Å². The molecule has 1 aliphatic rings. The standard InChI is InChI=1S/C27H20O4/c28-26(22-10-9-21-13-20-7-3-4-8-24(20)25(21)15-22)16-31-27(29)17-30-23-12-11-18-5-1-2-6-19(18)14-23/h1-12,14-15H,13,16-17H2. The number of rotatable bonds is 6. The summed E-state index contributed by atoms with van der Waals surface area (Å²) in [5.41, 5.74) is 5.25. The highest BCUT2D eigenvalue weighted by atomic mass is 16.6. The van der Waals surface area contributed by atoms with Gasteiger partial charge in [-0.25, -0.2) is 4.79 Å². The van der Waals surface area contributed by atoms with E-state index in [0.29, 0.717) is 11.3 Å². The van der Waals surface area contributed by atoms with E-state index in [0.717, 1.165) is 28.3 Å². The Kier molecular flexibility index (Phi) is 4.97. The minimum absolute atomic E-state index is 0.230. The molecule has 0 heterocycles. The van der Waals surface area contributed by atoms with Gasteiger partial charge in [0.25, 0.3) is 0 Å². The van der Waals surface area contributed by atoms with Crippen molar-refractivity contribution in [2.24, 2.45) is 0 Å². The second-order valence-corrected chi connectivity index (χ2v) is 7.59. The third-order valence-electron chi connectivity index (χ3n) is 5.56. The summed E-state index contributed by atoms with van der Waals surface area (Å²) in [4.78, 5) is 24.6. The molecule has 0 aromatic heterocycles. The Morgan fingerprint density at radius 3 is 2.39 bits per heavy atom. The lowest BCUT2D eigenvalue weighted by Crippen LogP contribution is -2.19. The van der Waals surface area contributed by atoms with E-state index in [4.69, 9.17) is 9.47 Å². The SMILES string of the molecule is O=C(COc1ccc2ccccc2c1)OCC(=O)c1ccc2c(c1)-c1ccccc1C2. The van der Waals surface area contributed by atoms with Gasteiger partial charge in [0.2, 0.25) is 0 Å². The van der Waals surface area contributed by atoms with Crippen molar-refractivity contribution in [2.75, 3.05) is 13.2 Å². The minimum Gasteiger partial charge on any atom is -0.482 e. The van der Waals surface area contributed by atoms with Crippen LogP contribution in [0.1, 0.15) is 21.5 Å². The number of fused-ring (bicyclic) bond motifs is 4. The Hall–Kier alpha value is -3.92. The van der Waals surface area contributed by atoms with E-state index in [1.165, 1.54) is 11.1 Å². The molecule has 4 aromatic carbocycles. The van der Waals surface area contributed by atoms with Gasteiger partial charge < -0.3 is 9.47 Å². The zero-order valence-corrected chi connectivity index (χ0v) is 16.8. The first-order chi connectivity index (χ1) is 15.2. The van der Waals surface area contributed by atoms with Crippen LogP contribution in [0.3, 0.4) is 0 Å². The maximum absolute atomic E-state index is 12.6. The van der Waals surface area contributed by atoms with Gasteiger partial charge in [0.05, 0.1) is 0 Å². The van der Waals surface area contributed by atoms with Gasteiger partial charge in [0, 0.05) is 5.56 Å². The Balaban J connectivity index is 1.18. The summed E-state index contributed by atoms with van der Waals surface area (Å²) >= 11 is 0. The molecular weight excluding hydrogens is 388 g/mol. The van der Waals surface area contributed by atoms with Gasteiger partial charge in [0.15, 0.2) is 19.0 Å². The van der Waals surface area contributed by atoms with Gasteiger partial charge in [-0.05, 0) is 57.6 Å². The molecular formula is C27H20O4. The fourth-order valence-corrected chi connectivity index (χ4v) is 3.97. The summed E-state index contributed by atoms with van der Waals surface area (Å²) in [7, 11) is 0. The topological polar surface area (TPSA) is 52.6 Å². The van der Waals surface area contributed by atoms with Gasteiger partial charge in [-0.2, -0.15) is 0 Å². The fourth-order valence-electron chi connectivity index (χ4n) is 3.97. The first-order valence-electron chi connectivity index (χ1n) is 10.2. The van der Waals surface area contributed by atoms with Crippen molar-refractivity contribution in [1.29, 1.82) is 0 Å². The predicted molar refractivity (Wildman–Crippen MR) is 119 cm³/mol. The van der Waals surface area contributed by atoms with E-state index in [2.05, 4.69) is 12.1 Å². The van der Waals surface area contributed by atoms with Crippen molar-refractivity contribution >= 4 is 22.5 Å². The summed E-state index contributed by atoms with van der Waals surface area (Å²) in [6.45, 7) is -0.552. The molecule has 0 unspecified atom stereocenters. The van der Waals surface area contributed by atoms with Gasteiger partial charge >= 0.3 is 5.97 Å². The lowest BCUT2D eigenvalue weighted by Gasteiger charge is -2.08. The highest BCUT2D eigenvalue weighted by Gasteiger charge is 2.20. The molecule has 0 fully saturated rings. The first-order valence-corrected chi connectivity index (χ1v) is 10.2.